The SMILES string of the molecule is CCCC(CCCCCOC)OC=O. The second-order valence-electron chi connectivity index (χ2n) is 3.49. The van der Waals surface area contributed by atoms with E-state index in [0.717, 1.165) is 45.1 Å². The molecule has 3 nitrogen and oxygen atoms in total. The van der Waals surface area contributed by atoms with Gasteiger partial charge in [-0.25, -0.2) is 0 Å². The Balaban J connectivity index is 3.35. The van der Waals surface area contributed by atoms with Crippen LogP contribution in [0, 0.1) is 0 Å². The van der Waals surface area contributed by atoms with Crippen LogP contribution in [-0.2, 0) is 14.3 Å². The Kier molecular flexibility index (Phi) is 10.1. The Morgan fingerprint density at radius 1 is 1.21 bits per heavy atom. The average molecular weight is 202 g/mol. The molecule has 0 aliphatic carbocycles. The molecule has 14 heavy (non-hydrogen) atoms. The van der Waals surface area contributed by atoms with E-state index in [4.69, 9.17) is 9.47 Å². The van der Waals surface area contributed by atoms with Crippen molar-refractivity contribution in [2.75, 3.05) is 13.7 Å². The van der Waals surface area contributed by atoms with E-state index in [-0.39, 0.29) is 6.10 Å². The minimum absolute atomic E-state index is 0.125. The van der Waals surface area contributed by atoms with Gasteiger partial charge >= 0.3 is 0 Å². The monoisotopic (exact) mass is 202 g/mol. The fraction of sp³-hybridized carbons (Fsp3) is 0.909. The lowest BCUT2D eigenvalue weighted by Gasteiger charge is -2.13. The van der Waals surface area contributed by atoms with Crippen LogP contribution in [-0.4, -0.2) is 26.3 Å². The van der Waals surface area contributed by atoms with Gasteiger partial charge in [-0.05, 0) is 25.7 Å². The summed E-state index contributed by atoms with van der Waals surface area (Å²) in [5.41, 5.74) is 0. The summed E-state index contributed by atoms with van der Waals surface area (Å²) in [6.45, 7) is 3.49. The Labute approximate surface area is 86.8 Å². The quantitative estimate of drug-likeness (QED) is 0.403. The number of ether oxygens (including phenoxy) is 2. The largest absolute Gasteiger partial charge is 0.465 e. The zero-order valence-electron chi connectivity index (χ0n) is 9.33. The summed E-state index contributed by atoms with van der Waals surface area (Å²) in [6.07, 6.45) is 6.50. The lowest BCUT2D eigenvalue weighted by Crippen LogP contribution is -2.11. The van der Waals surface area contributed by atoms with E-state index in [9.17, 15) is 4.79 Å². The van der Waals surface area contributed by atoms with Gasteiger partial charge in [-0.2, -0.15) is 0 Å². The molecule has 0 bridgehead atoms. The van der Waals surface area contributed by atoms with Crippen molar-refractivity contribution in [3.05, 3.63) is 0 Å². The lowest BCUT2D eigenvalue weighted by atomic mass is 10.1. The van der Waals surface area contributed by atoms with Gasteiger partial charge in [0, 0.05) is 13.7 Å². The maximum absolute atomic E-state index is 10.2. The summed E-state index contributed by atoms with van der Waals surface area (Å²) in [5, 5.41) is 0. The van der Waals surface area contributed by atoms with Gasteiger partial charge in [0.05, 0.1) is 0 Å². The lowest BCUT2D eigenvalue weighted by molar-refractivity contribution is -0.134. The van der Waals surface area contributed by atoms with Gasteiger partial charge < -0.3 is 9.47 Å². The molecule has 0 fully saturated rings. The van der Waals surface area contributed by atoms with E-state index >= 15 is 0 Å². The van der Waals surface area contributed by atoms with Crippen molar-refractivity contribution in [2.45, 2.75) is 51.6 Å². The van der Waals surface area contributed by atoms with E-state index in [1.807, 2.05) is 0 Å². The van der Waals surface area contributed by atoms with E-state index < -0.39 is 0 Å². The molecule has 0 heterocycles. The molecule has 0 amide bonds. The summed E-state index contributed by atoms with van der Waals surface area (Å²) in [7, 11) is 1.72. The first-order chi connectivity index (χ1) is 6.85. The van der Waals surface area contributed by atoms with Crippen LogP contribution in [0.5, 0.6) is 0 Å². The zero-order chi connectivity index (χ0) is 10.6. The van der Waals surface area contributed by atoms with Crippen LogP contribution in [0.25, 0.3) is 0 Å². The average Bonchev–Trinajstić information content (AvgIpc) is 2.18. The third-order valence-corrected chi connectivity index (χ3v) is 2.23. The van der Waals surface area contributed by atoms with E-state index in [2.05, 4.69) is 6.92 Å². The Morgan fingerprint density at radius 3 is 2.57 bits per heavy atom. The van der Waals surface area contributed by atoms with Crippen molar-refractivity contribution < 1.29 is 14.3 Å². The highest BCUT2D eigenvalue weighted by atomic mass is 16.5. The van der Waals surface area contributed by atoms with Gasteiger partial charge in [-0.15, -0.1) is 0 Å². The number of rotatable bonds is 10. The summed E-state index contributed by atoms with van der Waals surface area (Å²) < 4.78 is 9.93. The molecule has 0 aromatic heterocycles. The first kappa shape index (κ1) is 13.4. The molecule has 0 aliphatic heterocycles. The molecule has 0 N–H and O–H groups in total. The van der Waals surface area contributed by atoms with Crippen molar-refractivity contribution in [2.24, 2.45) is 0 Å². The number of carbonyl (C=O) groups excluding carboxylic acids is 1. The highest BCUT2D eigenvalue weighted by Gasteiger charge is 2.06. The Hall–Kier alpha value is -0.570. The molecular weight excluding hydrogens is 180 g/mol. The molecule has 3 heteroatoms. The minimum atomic E-state index is 0.125. The number of methoxy groups -OCH3 is 1. The maximum atomic E-state index is 10.2. The molecule has 0 spiro atoms. The van der Waals surface area contributed by atoms with Crippen molar-refractivity contribution >= 4 is 6.47 Å². The summed E-state index contributed by atoms with van der Waals surface area (Å²) in [5.74, 6) is 0. The fourth-order valence-electron chi connectivity index (χ4n) is 1.48. The van der Waals surface area contributed by atoms with Gasteiger partial charge in [-0.3, -0.25) is 4.79 Å². The first-order valence-electron chi connectivity index (χ1n) is 5.43. The molecule has 0 saturated heterocycles. The number of carbonyl (C=O) groups is 1. The fourth-order valence-corrected chi connectivity index (χ4v) is 1.48. The molecule has 0 aromatic carbocycles. The maximum Gasteiger partial charge on any atom is 0.293 e. The number of hydrogen-bond acceptors (Lipinski definition) is 3. The molecular formula is C11H22O3. The predicted molar refractivity (Wildman–Crippen MR) is 56.2 cm³/mol. The van der Waals surface area contributed by atoms with Crippen LogP contribution < -0.4 is 0 Å². The molecule has 0 saturated carbocycles. The van der Waals surface area contributed by atoms with Crippen LogP contribution >= 0.6 is 0 Å². The first-order valence-corrected chi connectivity index (χ1v) is 5.43. The molecule has 0 aromatic rings. The second-order valence-corrected chi connectivity index (χ2v) is 3.49. The summed E-state index contributed by atoms with van der Waals surface area (Å²) in [6, 6.07) is 0. The molecule has 0 aliphatic rings. The van der Waals surface area contributed by atoms with Crippen LogP contribution in [0.4, 0.5) is 0 Å². The number of unbranched alkanes of at least 4 members (excludes halogenated alkanes) is 2. The van der Waals surface area contributed by atoms with Gasteiger partial charge in [0.2, 0.25) is 0 Å². The Bertz CT molecular complexity index is 126. The van der Waals surface area contributed by atoms with Crippen LogP contribution in [0.2, 0.25) is 0 Å². The Morgan fingerprint density at radius 2 is 2.00 bits per heavy atom. The van der Waals surface area contributed by atoms with E-state index in [0.29, 0.717) is 6.47 Å². The van der Waals surface area contributed by atoms with Gasteiger partial charge in [0.15, 0.2) is 0 Å². The van der Waals surface area contributed by atoms with Crippen molar-refractivity contribution in [3.63, 3.8) is 0 Å². The highest BCUT2D eigenvalue weighted by molar-refractivity contribution is 5.37. The predicted octanol–water partition coefficient (Wildman–Crippen LogP) is 2.53. The molecule has 1 atom stereocenters. The van der Waals surface area contributed by atoms with E-state index in [1.54, 1.807) is 7.11 Å². The molecule has 0 rings (SSSR count). The molecule has 1 unspecified atom stereocenters. The summed E-state index contributed by atoms with van der Waals surface area (Å²) >= 11 is 0. The number of hydrogen-bond donors (Lipinski definition) is 0. The zero-order valence-corrected chi connectivity index (χ0v) is 9.33. The third kappa shape index (κ3) is 8.05. The van der Waals surface area contributed by atoms with Gasteiger partial charge in [-0.1, -0.05) is 19.8 Å². The van der Waals surface area contributed by atoms with Crippen molar-refractivity contribution in [1.29, 1.82) is 0 Å². The van der Waals surface area contributed by atoms with Gasteiger partial charge in [0.25, 0.3) is 6.47 Å². The van der Waals surface area contributed by atoms with Crippen molar-refractivity contribution in [1.82, 2.24) is 0 Å². The molecule has 84 valence electrons. The van der Waals surface area contributed by atoms with Gasteiger partial charge in [0.1, 0.15) is 6.10 Å². The smallest absolute Gasteiger partial charge is 0.293 e. The summed E-state index contributed by atoms with van der Waals surface area (Å²) in [4.78, 5) is 10.2. The van der Waals surface area contributed by atoms with Crippen molar-refractivity contribution in [3.8, 4) is 0 Å². The van der Waals surface area contributed by atoms with Crippen LogP contribution in [0.15, 0.2) is 0 Å². The highest BCUT2D eigenvalue weighted by Crippen LogP contribution is 2.11. The normalized spacial score (nSPS) is 12.4. The standard InChI is InChI=1S/C11H22O3/c1-3-7-11(14-10-12)8-5-4-6-9-13-2/h10-11H,3-9H2,1-2H3. The topological polar surface area (TPSA) is 35.5 Å². The van der Waals surface area contributed by atoms with E-state index in [1.165, 1.54) is 0 Å². The van der Waals surface area contributed by atoms with Crippen LogP contribution in [0.1, 0.15) is 45.4 Å². The van der Waals surface area contributed by atoms with Crippen LogP contribution in [0.3, 0.4) is 0 Å². The minimum Gasteiger partial charge on any atom is -0.465 e. The molecule has 0 radical (unpaired) electrons. The second kappa shape index (κ2) is 10.5. The third-order valence-electron chi connectivity index (χ3n) is 2.23.